The van der Waals surface area contributed by atoms with E-state index in [0.717, 1.165) is 6.07 Å². The van der Waals surface area contributed by atoms with Crippen LogP contribution in [0.1, 0.15) is 5.56 Å². The van der Waals surface area contributed by atoms with Crippen LogP contribution in [0.25, 0.3) is 10.8 Å². The molecule has 0 fully saturated rings. The topological polar surface area (TPSA) is 57.5 Å². The van der Waals surface area contributed by atoms with E-state index in [1.54, 1.807) is 24.3 Å². The summed E-state index contributed by atoms with van der Waals surface area (Å²) < 4.78 is 38.2. The Labute approximate surface area is 110 Å². The lowest BCUT2D eigenvalue weighted by Crippen LogP contribution is -2.14. The SMILES string of the molecule is O=P(O)(O)C(F)(F)c1ccc2ccccc2c1Br. The maximum Gasteiger partial charge on any atom is 0.399 e. The van der Waals surface area contributed by atoms with Gasteiger partial charge in [-0.05, 0) is 26.7 Å². The first-order valence-corrected chi connectivity index (χ1v) is 7.27. The van der Waals surface area contributed by atoms with Crippen LogP contribution in [0.5, 0.6) is 0 Å². The molecule has 96 valence electrons. The summed E-state index contributed by atoms with van der Waals surface area (Å²) in [5.74, 6) is 0. The molecule has 0 spiro atoms. The zero-order chi connectivity index (χ0) is 13.6. The highest BCUT2D eigenvalue weighted by Crippen LogP contribution is 2.60. The predicted molar refractivity (Wildman–Crippen MR) is 67.6 cm³/mol. The van der Waals surface area contributed by atoms with Crippen LogP contribution in [0.3, 0.4) is 0 Å². The molecule has 0 heterocycles. The van der Waals surface area contributed by atoms with Crippen LogP contribution in [-0.4, -0.2) is 9.79 Å². The number of hydrogen-bond donors (Lipinski definition) is 2. The maximum atomic E-state index is 13.7. The summed E-state index contributed by atoms with van der Waals surface area (Å²) in [6.45, 7) is 0. The second-order valence-electron chi connectivity index (χ2n) is 3.73. The van der Waals surface area contributed by atoms with Crippen molar-refractivity contribution < 1.29 is 23.1 Å². The molecule has 2 aromatic rings. The van der Waals surface area contributed by atoms with Gasteiger partial charge in [-0.3, -0.25) is 4.57 Å². The van der Waals surface area contributed by atoms with Crippen LogP contribution in [0.4, 0.5) is 8.78 Å². The van der Waals surface area contributed by atoms with Crippen LogP contribution < -0.4 is 0 Å². The van der Waals surface area contributed by atoms with Gasteiger partial charge < -0.3 is 9.79 Å². The van der Waals surface area contributed by atoms with Gasteiger partial charge in [0.15, 0.2) is 0 Å². The first kappa shape index (κ1) is 13.6. The zero-order valence-electron chi connectivity index (χ0n) is 8.85. The normalized spacial score (nSPS) is 12.9. The molecule has 2 N–H and O–H groups in total. The Hall–Kier alpha value is -0.810. The number of benzene rings is 2. The molecule has 0 saturated heterocycles. The molecule has 0 aliphatic rings. The van der Waals surface area contributed by atoms with Gasteiger partial charge in [0, 0.05) is 10.0 Å². The van der Waals surface area contributed by atoms with Crippen molar-refractivity contribution in [3.05, 3.63) is 46.4 Å². The second kappa shape index (κ2) is 4.38. The molecule has 0 radical (unpaired) electrons. The third kappa shape index (κ3) is 2.10. The molecule has 2 rings (SSSR count). The minimum Gasteiger partial charge on any atom is -0.320 e. The van der Waals surface area contributed by atoms with E-state index >= 15 is 0 Å². The van der Waals surface area contributed by atoms with E-state index in [9.17, 15) is 13.3 Å². The lowest BCUT2D eigenvalue weighted by molar-refractivity contribution is 0.0559. The Bertz CT molecular complexity index is 654. The van der Waals surface area contributed by atoms with Gasteiger partial charge in [0.2, 0.25) is 0 Å². The third-order valence-corrected chi connectivity index (χ3v) is 4.38. The average Bonchev–Trinajstić information content (AvgIpc) is 2.28. The molecule has 0 unspecified atom stereocenters. The summed E-state index contributed by atoms with van der Waals surface area (Å²) in [5, 5.41) is 1.18. The van der Waals surface area contributed by atoms with Crippen LogP contribution in [0, 0.1) is 0 Å². The van der Waals surface area contributed by atoms with Crippen molar-refractivity contribution in [3.63, 3.8) is 0 Å². The summed E-state index contributed by atoms with van der Waals surface area (Å²) in [5.41, 5.74) is -4.93. The van der Waals surface area contributed by atoms with E-state index in [1.165, 1.54) is 6.07 Å². The molecule has 0 aromatic heterocycles. The summed E-state index contributed by atoms with van der Waals surface area (Å²) in [6.07, 6.45) is 0. The van der Waals surface area contributed by atoms with Gasteiger partial charge in [0.05, 0.1) is 0 Å². The van der Waals surface area contributed by atoms with Gasteiger partial charge in [0.25, 0.3) is 0 Å². The molecular formula is C11H8BrF2O3P. The number of hydrogen-bond acceptors (Lipinski definition) is 1. The standard InChI is InChI=1S/C11H8BrF2O3P/c12-10-8-4-2-1-3-7(8)5-6-9(10)11(13,14)18(15,16)17/h1-6H,(H2,15,16,17). The fraction of sp³-hybridized carbons (Fsp3) is 0.0909. The molecule has 18 heavy (non-hydrogen) atoms. The van der Waals surface area contributed by atoms with E-state index in [4.69, 9.17) is 9.79 Å². The summed E-state index contributed by atoms with van der Waals surface area (Å²) >= 11 is 2.99. The Balaban J connectivity index is 2.74. The molecule has 0 aliphatic carbocycles. The molecule has 0 saturated carbocycles. The highest BCUT2D eigenvalue weighted by Gasteiger charge is 2.51. The molecule has 0 atom stereocenters. The van der Waals surface area contributed by atoms with E-state index in [2.05, 4.69) is 15.9 Å². The Kier molecular flexibility index (Phi) is 3.32. The Morgan fingerprint density at radius 2 is 1.72 bits per heavy atom. The van der Waals surface area contributed by atoms with E-state index in [1.807, 2.05) is 0 Å². The summed E-state index contributed by atoms with van der Waals surface area (Å²) in [6, 6.07) is 9.14. The number of fused-ring (bicyclic) bond motifs is 1. The highest BCUT2D eigenvalue weighted by atomic mass is 79.9. The molecule has 7 heteroatoms. The minimum absolute atomic E-state index is 0.00562. The summed E-state index contributed by atoms with van der Waals surface area (Å²) in [7, 11) is -5.56. The van der Waals surface area contributed by atoms with E-state index < -0.39 is 18.8 Å². The average molecular weight is 337 g/mol. The monoisotopic (exact) mass is 336 g/mol. The van der Waals surface area contributed by atoms with Crippen molar-refractivity contribution in [2.75, 3.05) is 0 Å². The van der Waals surface area contributed by atoms with Crippen LogP contribution in [-0.2, 0) is 10.2 Å². The van der Waals surface area contributed by atoms with Gasteiger partial charge in [-0.1, -0.05) is 36.4 Å². The number of rotatable bonds is 2. The first-order valence-electron chi connectivity index (χ1n) is 4.86. The molecule has 3 nitrogen and oxygen atoms in total. The van der Waals surface area contributed by atoms with Crippen molar-refractivity contribution >= 4 is 34.3 Å². The largest absolute Gasteiger partial charge is 0.399 e. The predicted octanol–water partition coefficient (Wildman–Crippen LogP) is 3.83. The van der Waals surface area contributed by atoms with Crippen molar-refractivity contribution in [1.82, 2.24) is 0 Å². The smallest absolute Gasteiger partial charge is 0.320 e. The molecule has 0 aliphatic heterocycles. The molecular weight excluding hydrogens is 329 g/mol. The number of alkyl halides is 2. The lowest BCUT2D eigenvalue weighted by atomic mass is 10.1. The van der Waals surface area contributed by atoms with Crippen molar-refractivity contribution in [2.24, 2.45) is 0 Å². The maximum absolute atomic E-state index is 13.7. The van der Waals surface area contributed by atoms with Crippen LogP contribution >= 0.6 is 23.5 Å². The quantitative estimate of drug-likeness (QED) is 0.819. The highest BCUT2D eigenvalue weighted by molar-refractivity contribution is 9.10. The van der Waals surface area contributed by atoms with E-state index in [0.29, 0.717) is 10.8 Å². The second-order valence-corrected chi connectivity index (χ2v) is 6.18. The van der Waals surface area contributed by atoms with Gasteiger partial charge in [0.1, 0.15) is 0 Å². The van der Waals surface area contributed by atoms with Gasteiger partial charge in [-0.15, -0.1) is 0 Å². The molecule has 0 bridgehead atoms. The van der Waals surface area contributed by atoms with Gasteiger partial charge >= 0.3 is 13.3 Å². The first-order chi connectivity index (χ1) is 8.25. The van der Waals surface area contributed by atoms with Crippen molar-refractivity contribution in [3.8, 4) is 0 Å². The number of halogens is 3. The van der Waals surface area contributed by atoms with Gasteiger partial charge in [-0.2, -0.15) is 8.78 Å². The molecule has 2 aromatic carbocycles. The molecule has 0 amide bonds. The van der Waals surface area contributed by atoms with Crippen molar-refractivity contribution in [2.45, 2.75) is 5.66 Å². The lowest BCUT2D eigenvalue weighted by Gasteiger charge is -2.20. The van der Waals surface area contributed by atoms with Gasteiger partial charge in [-0.25, -0.2) is 0 Å². The Morgan fingerprint density at radius 3 is 2.33 bits per heavy atom. The fourth-order valence-corrected chi connectivity index (χ4v) is 3.02. The van der Waals surface area contributed by atoms with Crippen LogP contribution in [0.2, 0.25) is 0 Å². The Morgan fingerprint density at radius 1 is 1.11 bits per heavy atom. The van der Waals surface area contributed by atoms with Crippen molar-refractivity contribution in [1.29, 1.82) is 0 Å². The van der Waals surface area contributed by atoms with Crippen LogP contribution in [0.15, 0.2) is 40.9 Å². The zero-order valence-corrected chi connectivity index (χ0v) is 11.3. The minimum atomic E-state index is -5.56. The van der Waals surface area contributed by atoms with E-state index in [-0.39, 0.29) is 4.47 Å². The third-order valence-electron chi connectivity index (χ3n) is 2.55. The fourth-order valence-electron chi connectivity index (χ4n) is 1.62. The summed E-state index contributed by atoms with van der Waals surface area (Å²) in [4.78, 5) is 17.5.